The molecule has 0 saturated carbocycles. The Hall–Kier alpha value is -3.35. The van der Waals surface area contributed by atoms with Gasteiger partial charge in [0.2, 0.25) is 0 Å². The molecule has 3 aromatic rings. The molecule has 0 aliphatic carbocycles. The topological polar surface area (TPSA) is 59.4 Å². The van der Waals surface area contributed by atoms with Crippen LogP contribution >= 0.6 is 0 Å². The lowest BCUT2D eigenvalue weighted by atomic mass is 10.2. The Morgan fingerprint density at radius 2 is 1.81 bits per heavy atom. The fourth-order valence-electron chi connectivity index (χ4n) is 2.50. The zero-order valence-electron chi connectivity index (χ0n) is 15.2. The molecule has 0 aliphatic heterocycles. The van der Waals surface area contributed by atoms with Gasteiger partial charge < -0.3 is 15.0 Å². The lowest BCUT2D eigenvalue weighted by molar-refractivity contribution is -0.118. The van der Waals surface area contributed by atoms with Crippen LogP contribution in [0.15, 0.2) is 60.8 Å². The predicted octanol–water partition coefficient (Wildman–Crippen LogP) is 3.15. The summed E-state index contributed by atoms with van der Waals surface area (Å²) in [4.78, 5) is 14.2. The van der Waals surface area contributed by atoms with E-state index in [4.69, 9.17) is 4.74 Å². The largest absolute Gasteiger partial charge is 0.484 e. The van der Waals surface area contributed by atoms with E-state index in [1.165, 1.54) is 24.3 Å². The predicted molar refractivity (Wildman–Crippen MR) is 103 cm³/mol. The summed E-state index contributed by atoms with van der Waals surface area (Å²) in [5.41, 5.74) is 2.19. The lowest BCUT2D eigenvalue weighted by Crippen LogP contribution is -2.22. The standard InChI is InChI=1S/C20H21FN4O2/c1-24(2)17-7-3-15(4-8-17)13-25-19(11-12-22-25)23-20(26)14-27-18-9-5-16(21)6-10-18/h3-12H,13-14H2,1-2H3,(H,23,26). The molecule has 1 heterocycles. The average Bonchev–Trinajstić information content (AvgIpc) is 3.08. The summed E-state index contributed by atoms with van der Waals surface area (Å²) in [5.74, 6) is 0.346. The monoisotopic (exact) mass is 368 g/mol. The van der Waals surface area contributed by atoms with Crippen molar-refractivity contribution >= 4 is 17.4 Å². The molecule has 6 nitrogen and oxygen atoms in total. The van der Waals surface area contributed by atoms with Crippen molar-refractivity contribution in [1.82, 2.24) is 9.78 Å². The van der Waals surface area contributed by atoms with Crippen molar-refractivity contribution in [3.8, 4) is 5.75 Å². The summed E-state index contributed by atoms with van der Waals surface area (Å²) < 4.78 is 19.9. The molecule has 1 amide bonds. The number of halogens is 1. The quantitative estimate of drug-likeness (QED) is 0.696. The third-order valence-electron chi connectivity index (χ3n) is 3.95. The first-order valence-corrected chi connectivity index (χ1v) is 8.47. The second-order valence-electron chi connectivity index (χ2n) is 6.23. The van der Waals surface area contributed by atoms with Crippen LogP contribution in [0.5, 0.6) is 5.75 Å². The van der Waals surface area contributed by atoms with Crippen LogP contribution in [0.25, 0.3) is 0 Å². The molecule has 1 N–H and O–H groups in total. The van der Waals surface area contributed by atoms with E-state index < -0.39 is 0 Å². The third kappa shape index (κ3) is 5.07. The molecule has 27 heavy (non-hydrogen) atoms. The number of carbonyl (C=O) groups excluding carboxylic acids is 1. The molecule has 0 fully saturated rings. The molecule has 140 valence electrons. The number of amides is 1. The minimum Gasteiger partial charge on any atom is -0.484 e. The van der Waals surface area contributed by atoms with Crippen LogP contribution in [-0.2, 0) is 11.3 Å². The minimum absolute atomic E-state index is 0.172. The zero-order valence-corrected chi connectivity index (χ0v) is 15.2. The second kappa shape index (κ2) is 8.35. The van der Waals surface area contributed by atoms with Crippen LogP contribution in [0.2, 0.25) is 0 Å². The Labute approximate surface area is 157 Å². The molecule has 0 radical (unpaired) electrons. The van der Waals surface area contributed by atoms with E-state index >= 15 is 0 Å². The number of rotatable bonds is 7. The SMILES string of the molecule is CN(C)c1ccc(Cn2nccc2NC(=O)COc2ccc(F)cc2)cc1. The summed E-state index contributed by atoms with van der Waals surface area (Å²) in [6.45, 7) is 0.365. The van der Waals surface area contributed by atoms with Crippen molar-refractivity contribution in [1.29, 1.82) is 0 Å². The highest BCUT2D eigenvalue weighted by atomic mass is 19.1. The van der Waals surface area contributed by atoms with Gasteiger partial charge in [0, 0.05) is 25.8 Å². The number of aromatic nitrogens is 2. The van der Waals surface area contributed by atoms with Crippen molar-refractivity contribution in [3.63, 3.8) is 0 Å². The van der Waals surface area contributed by atoms with Crippen molar-refractivity contribution < 1.29 is 13.9 Å². The molecule has 2 aromatic carbocycles. The van der Waals surface area contributed by atoms with Crippen LogP contribution < -0.4 is 15.0 Å². The number of hydrogen-bond donors (Lipinski definition) is 1. The molecule has 0 saturated heterocycles. The van der Waals surface area contributed by atoms with Gasteiger partial charge in [-0.1, -0.05) is 12.1 Å². The van der Waals surface area contributed by atoms with E-state index in [0.717, 1.165) is 11.3 Å². The number of ether oxygens (including phenoxy) is 1. The lowest BCUT2D eigenvalue weighted by Gasteiger charge is -2.13. The summed E-state index contributed by atoms with van der Waals surface area (Å²) >= 11 is 0. The first-order chi connectivity index (χ1) is 13.0. The molecule has 0 aliphatic rings. The van der Waals surface area contributed by atoms with Gasteiger partial charge in [-0.3, -0.25) is 4.79 Å². The summed E-state index contributed by atoms with van der Waals surface area (Å²) in [7, 11) is 3.98. The Kier molecular flexibility index (Phi) is 5.71. The number of nitrogens with zero attached hydrogens (tertiary/aromatic N) is 3. The zero-order chi connectivity index (χ0) is 19.2. The highest BCUT2D eigenvalue weighted by Crippen LogP contribution is 2.15. The molecule has 0 unspecified atom stereocenters. The van der Waals surface area contributed by atoms with Crippen molar-refractivity contribution in [2.75, 3.05) is 30.9 Å². The molecule has 3 rings (SSSR count). The fraction of sp³-hybridized carbons (Fsp3) is 0.200. The number of carbonyl (C=O) groups is 1. The van der Waals surface area contributed by atoms with E-state index in [1.807, 2.05) is 43.3 Å². The van der Waals surface area contributed by atoms with Gasteiger partial charge >= 0.3 is 0 Å². The fourth-order valence-corrected chi connectivity index (χ4v) is 2.50. The average molecular weight is 368 g/mol. The Bertz CT molecular complexity index is 889. The maximum atomic E-state index is 12.9. The first-order valence-electron chi connectivity index (χ1n) is 8.47. The van der Waals surface area contributed by atoms with Crippen molar-refractivity contribution in [2.24, 2.45) is 0 Å². The Morgan fingerprint density at radius 3 is 2.48 bits per heavy atom. The van der Waals surface area contributed by atoms with E-state index in [1.54, 1.807) is 16.9 Å². The van der Waals surface area contributed by atoms with Crippen LogP contribution in [0, 0.1) is 5.82 Å². The third-order valence-corrected chi connectivity index (χ3v) is 3.95. The van der Waals surface area contributed by atoms with Gasteiger partial charge in [-0.15, -0.1) is 0 Å². The van der Waals surface area contributed by atoms with Gasteiger partial charge in [-0.25, -0.2) is 9.07 Å². The van der Waals surface area contributed by atoms with Crippen LogP contribution in [-0.4, -0.2) is 36.4 Å². The molecule has 1 aromatic heterocycles. The maximum absolute atomic E-state index is 12.9. The van der Waals surface area contributed by atoms with Gasteiger partial charge in [0.15, 0.2) is 6.61 Å². The number of nitrogens with one attached hydrogen (secondary N) is 1. The van der Waals surface area contributed by atoms with Gasteiger partial charge in [-0.05, 0) is 42.0 Å². The molecule has 7 heteroatoms. The van der Waals surface area contributed by atoms with Gasteiger partial charge in [0.1, 0.15) is 17.4 Å². The normalized spacial score (nSPS) is 10.5. The Balaban J connectivity index is 1.57. The number of benzene rings is 2. The number of hydrogen-bond acceptors (Lipinski definition) is 4. The maximum Gasteiger partial charge on any atom is 0.263 e. The number of anilines is 2. The van der Waals surface area contributed by atoms with Crippen molar-refractivity contribution in [2.45, 2.75) is 6.54 Å². The highest BCUT2D eigenvalue weighted by molar-refractivity contribution is 5.91. The van der Waals surface area contributed by atoms with E-state index in [0.29, 0.717) is 18.1 Å². The molecule has 0 bridgehead atoms. The van der Waals surface area contributed by atoms with E-state index in [2.05, 4.69) is 10.4 Å². The van der Waals surface area contributed by atoms with E-state index in [9.17, 15) is 9.18 Å². The van der Waals surface area contributed by atoms with Gasteiger partial charge in [0.05, 0.1) is 12.7 Å². The van der Waals surface area contributed by atoms with Crippen LogP contribution in [0.1, 0.15) is 5.56 Å². The Morgan fingerprint density at radius 1 is 1.11 bits per heavy atom. The van der Waals surface area contributed by atoms with Crippen LogP contribution in [0.3, 0.4) is 0 Å². The van der Waals surface area contributed by atoms with Crippen LogP contribution in [0.4, 0.5) is 15.9 Å². The molecule has 0 spiro atoms. The summed E-state index contributed by atoms with van der Waals surface area (Å²) in [6, 6.07) is 15.4. The summed E-state index contributed by atoms with van der Waals surface area (Å²) in [5, 5.41) is 7.04. The second-order valence-corrected chi connectivity index (χ2v) is 6.23. The summed E-state index contributed by atoms with van der Waals surface area (Å²) in [6.07, 6.45) is 1.63. The smallest absolute Gasteiger partial charge is 0.263 e. The molecular weight excluding hydrogens is 347 g/mol. The van der Waals surface area contributed by atoms with Gasteiger partial charge in [-0.2, -0.15) is 5.10 Å². The molecule has 0 atom stereocenters. The van der Waals surface area contributed by atoms with E-state index in [-0.39, 0.29) is 18.3 Å². The highest BCUT2D eigenvalue weighted by Gasteiger charge is 2.09. The molecular formula is C20H21FN4O2. The van der Waals surface area contributed by atoms with Gasteiger partial charge in [0.25, 0.3) is 5.91 Å². The van der Waals surface area contributed by atoms with Crippen molar-refractivity contribution in [3.05, 3.63) is 72.2 Å². The minimum atomic E-state index is -0.352. The first kappa shape index (κ1) is 18.4.